The third-order valence-electron chi connectivity index (χ3n) is 6.68. The van der Waals surface area contributed by atoms with Gasteiger partial charge in [-0.1, -0.05) is 6.07 Å². The van der Waals surface area contributed by atoms with Gasteiger partial charge >= 0.3 is 14.2 Å². The maximum Gasteiger partial charge on any atom is 0.494 e. The highest BCUT2D eigenvalue weighted by Crippen LogP contribution is 2.38. The molecule has 2 heterocycles. The van der Waals surface area contributed by atoms with Gasteiger partial charge in [0.25, 0.3) is 5.91 Å². The summed E-state index contributed by atoms with van der Waals surface area (Å²) in [5, 5.41) is 0. The Morgan fingerprint density at radius 2 is 1.00 bits per heavy atom. The topological polar surface area (TPSA) is 57.2 Å². The molecule has 2 fully saturated rings. The van der Waals surface area contributed by atoms with Crippen LogP contribution < -0.4 is 10.9 Å². The van der Waals surface area contributed by atoms with Crippen molar-refractivity contribution in [2.45, 2.75) is 77.8 Å². The molecule has 0 aliphatic carbocycles. The average Bonchev–Trinajstić information content (AvgIpc) is 2.93. The van der Waals surface area contributed by atoms with Crippen LogP contribution in [0.4, 0.5) is 0 Å². The first-order chi connectivity index (χ1) is 13.1. The maximum atomic E-state index is 12.8. The van der Waals surface area contributed by atoms with Gasteiger partial charge in [-0.25, -0.2) is 0 Å². The van der Waals surface area contributed by atoms with Gasteiger partial charge in [0.15, 0.2) is 0 Å². The number of hydrogen-bond donors (Lipinski definition) is 0. The molecule has 2 aliphatic heterocycles. The van der Waals surface area contributed by atoms with Crippen molar-refractivity contribution in [2.24, 2.45) is 0 Å². The number of rotatable bonds is 3. The van der Waals surface area contributed by atoms with Crippen molar-refractivity contribution in [3.63, 3.8) is 0 Å². The summed E-state index contributed by atoms with van der Waals surface area (Å²) in [6.07, 6.45) is 0. The Labute approximate surface area is 175 Å². The molecule has 8 heteroatoms. The Kier molecular flexibility index (Phi) is 5.27. The summed E-state index contributed by atoms with van der Waals surface area (Å²) in [6, 6.07) is 5.62. The summed E-state index contributed by atoms with van der Waals surface area (Å²) < 4.78 is 24.9. The fraction of sp³-hybridized carbons (Fsp3) is 0.667. The van der Waals surface area contributed by atoms with Gasteiger partial charge in [-0.15, -0.1) is 0 Å². The second-order valence-electron chi connectivity index (χ2n) is 10.3. The third kappa shape index (κ3) is 3.88. The van der Waals surface area contributed by atoms with Gasteiger partial charge in [-0.3, -0.25) is 4.79 Å². The highest BCUT2D eigenvalue weighted by atomic mass is 16.7. The zero-order valence-electron chi connectivity index (χ0n) is 19.4. The van der Waals surface area contributed by atoms with Crippen molar-refractivity contribution in [3.8, 4) is 0 Å². The van der Waals surface area contributed by atoms with Gasteiger partial charge in [0.1, 0.15) is 0 Å². The Morgan fingerprint density at radius 3 is 1.28 bits per heavy atom. The average molecular weight is 401 g/mol. The molecule has 2 saturated heterocycles. The predicted octanol–water partition coefficient (Wildman–Crippen LogP) is 1.99. The Bertz CT molecular complexity index is 733. The molecule has 3 rings (SSSR count). The lowest BCUT2D eigenvalue weighted by atomic mass is 9.71. The largest absolute Gasteiger partial charge is 0.494 e. The van der Waals surface area contributed by atoms with Gasteiger partial charge in [0.2, 0.25) is 0 Å². The van der Waals surface area contributed by atoms with Crippen LogP contribution in [-0.2, 0) is 18.6 Å². The molecule has 0 bridgehead atoms. The van der Waals surface area contributed by atoms with Crippen molar-refractivity contribution in [3.05, 3.63) is 23.8 Å². The molecule has 0 spiro atoms. The number of hydrogen-bond acceptors (Lipinski definition) is 5. The van der Waals surface area contributed by atoms with E-state index < -0.39 is 36.6 Å². The van der Waals surface area contributed by atoms with E-state index in [2.05, 4.69) is 0 Å². The van der Waals surface area contributed by atoms with E-state index in [0.717, 1.165) is 10.9 Å². The molecule has 0 N–H and O–H groups in total. The normalized spacial score (nSPS) is 24.1. The second kappa shape index (κ2) is 6.84. The minimum Gasteiger partial charge on any atom is -0.399 e. The van der Waals surface area contributed by atoms with E-state index in [1.807, 2.05) is 73.6 Å². The van der Waals surface area contributed by atoms with Crippen LogP contribution in [0.2, 0.25) is 0 Å². The third-order valence-corrected chi connectivity index (χ3v) is 6.68. The Morgan fingerprint density at radius 1 is 0.690 bits per heavy atom. The van der Waals surface area contributed by atoms with Crippen LogP contribution in [0.25, 0.3) is 0 Å². The molecule has 29 heavy (non-hydrogen) atoms. The molecule has 2 aliphatic rings. The van der Waals surface area contributed by atoms with E-state index in [9.17, 15) is 4.79 Å². The highest BCUT2D eigenvalue weighted by molar-refractivity contribution is 6.66. The van der Waals surface area contributed by atoms with Crippen molar-refractivity contribution in [2.75, 3.05) is 14.1 Å². The van der Waals surface area contributed by atoms with Crippen LogP contribution in [0.3, 0.4) is 0 Å². The molecule has 0 saturated carbocycles. The van der Waals surface area contributed by atoms with E-state index in [0.29, 0.717) is 5.56 Å². The zero-order valence-corrected chi connectivity index (χ0v) is 19.4. The minimum absolute atomic E-state index is 0.0962. The smallest absolute Gasteiger partial charge is 0.399 e. The lowest BCUT2D eigenvalue weighted by Gasteiger charge is -2.32. The first kappa shape index (κ1) is 22.3. The van der Waals surface area contributed by atoms with E-state index in [4.69, 9.17) is 18.6 Å². The molecule has 1 aromatic rings. The second-order valence-corrected chi connectivity index (χ2v) is 10.3. The molecular weight excluding hydrogens is 368 g/mol. The van der Waals surface area contributed by atoms with Gasteiger partial charge < -0.3 is 23.5 Å². The van der Waals surface area contributed by atoms with Crippen molar-refractivity contribution in [1.82, 2.24) is 4.90 Å². The number of nitrogens with zero attached hydrogens (tertiary/aromatic N) is 1. The summed E-state index contributed by atoms with van der Waals surface area (Å²) in [5.74, 6) is -0.0962. The van der Waals surface area contributed by atoms with Gasteiger partial charge in [0, 0.05) is 19.7 Å². The van der Waals surface area contributed by atoms with Crippen LogP contribution in [0.5, 0.6) is 0 Å². The summed E-state index contributed by atoms with van der Waals surface area (Å²) in [6.45, 7) is 16.1. The first-order valence-electron chi connectivity index (χ1n) is 10.1. The molecule has 0 radical (unpaired) electrons. The zero-order chi connectivity index (χ0) is 22.0. The van der Waals surface area contributed by atoms with E-state index in [-0.39, 0.29) is 5.91 Å². The van der Waals surface area contributed by atoms with Gasteiger partial charge in [-0.2, -0.15) is 0 Å². The van der Waals surface area contributed by atoms with Crippen LogP contribution in [0, 0.1) is 0 Å². The molecular formula is C21H33B2NO5. The van der Waals surface area contributed by atoms with E-state index >= 15 is 0 Å². The first-order valence-corrected chi connectivity index (χ1v) is 10.1. The van der Waals surface area contributed by atoms with Crippen LogP contribution in [-0.4, -0.2) is 61.5 Å². The van der Waals surface area contributed by atoms with Gasteiger partial charge in [-0.05, 0) is 78.4 Å². The van der Waals surface area contributed by atoms with E-state index in [1.54, 1.807) is 19.0 Å². The Balaban J connectivity index is 2.04. The van der Waals surface area contributed by atoms with Crippen molar-refractivity contribution >= 4 is 31.1 Å². The number of benzene rings is 1. The molecule has 1 aromatic carbocycles. The standard InChI is InChI=1S/C21H33B2NO5/c1-18(2)19(3,4)27-22(26-18)15-11-14(17(25)24(9)10)12-16(13-15)23-28-20(5,6)21(7,8)29-23/h11-13H,1-10H3. The van der Waals surface area contributed by atoms with Crippen molar-refractivity contribution in [1.29, 1.82) is 0 Å². The monoisotopic (exact) mass is 401 g/mol. The maximum absolute atomic E-state index is 12.8. The SMILES string of the molecule is CN(C)C(=O)c1cc(B2OC(C)(C)C(C)(C)O2)cc(B2OC(C)(C)C(C)(C)O2)c1. The number of carbonyl (C=O) groups is 1. The quantitative estimate of drug-likeness (QED) is 0.726. The van der Waals surface area contributed by atoms with Crippen LogP contribution >= 0.6 is 0 Å². The van der Waals surface area contributed by atoms with Gasteiger partial charge in [0.05, 0.1) is 22.4 Å². The fourth-order valence-corrected chi connectivity index (χ4v) is 3.29. The molecule has 0 aromatic heterocycles. The molecule has 0 atom stereocenters. The molecule has 6 nitrogen and oxygen atoms in total. The fourth-order valence-electron chi connectivity index (χ4n) is 3.29. The van der Waals surface area contributed by atoms with Crippen LogP contribution in [0.1, 0.15) is 65.7 Å². The van der Waals surface area contributed by atoms with Crippen LogP contribution in [0.15, 0.2) is 18.2 Å². The summed E-state index contributed by atoms with van der Waals surface area (Å²) in [4.78, 5) is 14.3. The lowest BCUT2D eigenvalue weighted by molar-refractivity contribution is 0.00578. The van der Waals surface area contributed by atoms with E-state index in [1.165, 1.54) is 0 Å². The molecule has 1 amide bonds. The number of carbonyl (C=O) groups excluding carboxylic acids is 1. The Hall–Kier alpha value is -1.34. The summed E-state index contributed by atoms with van der Waals surface area (Å²) >= 11 is 0. The predicted molar refractivity (Wildman–Crippen MR) is 116 cm³/mol. The van der Waals surface area contributed by atoms with Crippen molar-refractivity contribution < 1.29 is 23.4 Å². The molecule has 158 valence electrons. The minimum atomic E-state index is -0.573. The highest BCUT2D eigenvalue weighted by Gasteiger charge is 2.54. The summed E-state index contributed by atoms with van der Waals surface area (Å²) in [7, 11) is 2.32. The lowest BCUT2D eigenvalue weighted by Crippen LogP contribution is -2.42. The summed E-state index contributed by atoms with van der Waals surface area (Å²) in [5.41, 5.74) is 0.232. The number of amides is 1. The molecule has 0 unspecified atom stereocenters.